The van der Waals surface area contributed by atoms with Crippen LogP contribution >= 0.6 is 0 Å². The van der Waals surface area contributed by atoms with Gasteiger partial charge in [0.15, 0.2) is 0 Å². The Morgan fingerprint density at radius 1 is 1.53 bits per heavy atom. The molecule has 0 atom stereocenters. The molecule has 4 heteroatoms. The zero-order valence-corrected chi connectivity index (χ0v) is 10.0. The molecule has 1 aromatic heterocycles. The molecular formula is C13H16N2O2. The smallest absolute Gasteiger partial charge is 0.225 e. The summed E-state index contributed by atoms with van der Waals surface area (Å²) in [6.45, 7) is 3.76. The Morgan fingerprint density at radius 3 is 2.94 bits per heavy atom. The molecule has 1 amide bonds. The summed E-state index contributed by atoms with van der Waals surface area (Å²) in [7, 11) is 0. The van der Waals surface area contributed by atoms with Crippen LogP contribution in [0.5, 0.6) is 0 Å². The third-order valence-corrected chi connectivity index (χ3v) is 1.91. The van der Waals surface area contributed by atoms with Gasteiger partial charge in [0.2, 0.25) is 5.91 Å². The highest BCUT2D eigenvalue weighted by molar-refractivity contribution is 5.89. The summed E-state index contributed by atoms with van der Waals surface area (Å²) < 4.78 is 0. The number of aliphatic hydroxyl groups excluding tert-OH is 1. The maximum Gasteiger partial charge on any atom is 0.225 e. The van der Waals surface area contributed by atoms with Gasteiger partial charge in [-0.15, -0.1) is 0 Å². The minimum atomic E-state index is -0.203. The average molecular weight is 232 g/mol. The molecule has 0 bridgehead atoms. The monoisotopic (exact) mass is 232 g/mol. The van der Waals surface area contributed by atoms with Crippen LogP contribution in [0.4, 0.5) is 5.82 Å². The number of hydrogen-bond donors (Lipinski definition) is 2. The van der Waals surface area contributed by atoms with Crippen molar-refractivity contribution in [3.8, 4) is 11.8 Å². The Balaban J connectivity index is 2.68. The van der Waals surface area contributed by atoms with E-state index < -0.39 is 0 Å². The molecule has 0 spiro atoms. The molecule has 1 heterocycles. The molecular weight excluding hydrogens is 216 g/mol. The number of rotatable bonds is 3. The van der Waals surface area contributed by atoms with Crippen molar-refractivity contribution in [1.82, 2.24) is 4.98 Å². The van der Waals surface area contributed by atoms with Crippen LogP contribution in [-0.4, -0.2) is 22.6 Å². The molecule has 0 aliphatic heterocycles. The van der Waals surface area contributed by atoms with Crippen LogP contribution in [0, 0.1) is 17.8 Å². The zero-order chi connectivity index (χ0) is 12.7. The lowest BCUT2D eigenvalue weighted by Crippen LogP contribution is -2.14. The maximum absolute atomic E-state index is 11.5. The van der Waals surface area contributed by atoms with Gasteiger partial charge in [0.25, 0.3) is 0 Å². The number of aliphatic hydroxyl groups is 1. The number of anilines is 1. The molecule has 0 unspecified atom stereocenters. The molecule has 0 aliphatic rings. The highest BCUT2D eigenvalue weighted by atomic mass is 16.2. The van der Waals surface area contributed by atoms with Gasteiger partial charge >= 0.3 is 0 Å². The third-order valence-electron chi connectivity index (χ3n) is 1.91. The first-order valence-corrected chi connectivity index (χ1v) is 5.48. The van der Waals surface area contributed by atoms with Gasteiger partial charge in [0, 0.05) is 6.42 Å². The van der Waals surface area contributed by atoms with Gasteiger partial charge in [-0.25, -0.2) is 4.98 Å². The van der Waals surface area contributed by atoms with E-state index in [1.165, 1.54) is 0 Å². The Hall–Kier alpha value is -1.86. The van der Waals surface area contributed by atoms with Crippen LogP contribution in [-0.2, 0) is 4.79 Å². The molecule has 0 saturated heterocycles. The van der Waals surface area contributed by atoms with Crippen LogP contribution in [0.1, 0.15) is 26.0 Å². The van der Waals surface area contributed by atoms with E-state index >= 15 is 0 Å². The normalized spacial score (nSPS) is 9.65. The van der Waals surface area contributed by atoms with Gasteiger partial charge in [-0.1, -0.05) is 25.8 Å². The molecule has 90 valence electrons. The summed E-state index contributed by atoms with van der Waals surface area (Å²) in [5.41, 5.74) is 0.529. The number of nitrogens with one attached hydrogen (secondary N) is 1. The van der Waals surface area contributed by atoms with Crippen molar-refractivity contribution in [2.24, 2.45) is 5.92 Å². The highest BCUT2D eigenvalue weighted by Crippen LogP contribution is 2.07. The van der Waals surface area contributed by atoms with E-state index in [1.807, 2.05) is 13.8 Å². The lowest BCUT2D eigenvalue weighted by molar-refractivity contribution is -0.116. The molecule has 17 heavy (non-hydrogen) atoms. The van der Waals surface area contributed by atoms with Gasteiger partial charge in [-0.05, 0) is 24.0 Å². The fourth-order valence-electron chi connectivity index (χ4n) is 1.27. The van der Waals surface area contributed by atoms with E-state index in [0.29, 0.717) is 23.9 Å². The van der Waals surface area contributed by atoms with Gasteiger partial charge in [0.05, 0.1) is 0 Å². The van der Waals surface area contributed by atoms with Gasteiger partial charge in [-0.3, -0.25) is 4.79 Å². The van der Waals surface area contributed by atoms with E-state index in [-0.39, 0.29) is 12.5 Å². The summed E-state index contributed by atoms with van der Waals surface area (Å²) in [4.78, 5) is 15.7. The summed E-state index contributed by atoms with van der Waals surface area (Å²) in [6, 6.07) is 5.20. The first-order chi connectivity index (χ1) is 8.11. The summed E-state index contributed by atoms with van der Waals surface area (Å²) in [5.74, 6) is 5.94. The van der Waals surface area contributed by atoms with Gasteiger partial charge in [-0.2, -0.15) is 0 Å². The van der Waals surface area contributed by atoms with Crippen LogP contribution in [0.15, 0.2) is 18.2 Å². The highest BCUT2D eigenvalue weighted by Gasteiger charge is 2.05. The lowest BCUT2D eigenvalue weighted by atomic mass is 10.1. The Bertz CT molecular complexity index is 444. The van der Waals surface area contributed by atoms with E-state index in [9.17, 15) is 4.79 Å². The maximum atomic E-state index is 11.5. The van der Waals surface area contributed by atoms with E-state index in [0.717, 1.165) is 0 Å². The minimum absolute atomic E-state index is 0.0558. The van der Waals surface area contributed by atoms with Crippen molar-refractivity contribution in [3.63, 3.8) is 0 Å². The second-order valence-electron chi connectivity index (χ2n) is 4.01. The molecule has 2 N–H and O–H groups in total. The minimum Gasteiger partial charge on any atom is -0.384 e. The van der Waals surface area contributed by atoms with Crippen LogP contribution < -0.4 is 5.32 Å². The number of carbonyl (C=O) groups is 1. The molecule has 0 fully saturated rings. The van der Waals surface area contributed by atoms with Gasteiger partial charge in [0.1, 0.15) is 18.1 Å². The van der Waals surface area contributed by atoms with Crippen LogP contribution in [0.3, 0.4) is 0 Å². The van der Waals surface area contributed by atoms with E-state index in [1.54, 1.807) is 18.2 Å². The fourth-order valence-corrected chi connectivity index (χ4v) is 1.27. The second kappa shape index (κ2) is 6.66. The van der Waals surface area contributed by atoms with Crippen molar-refractivity contribution in [1.29, 1.82) is 0 Å². The molecule has 1 rings (SSSR count). The van der Waals surface area contributed by atoms with Crippen molar-refractivity contribution in [2.75, 3.05) is 11.9 Å². The first-order valence-electron chi connectivity index (χ1n) is 5.48. The fraction of sp³-hybridized carbons (Fsp3) is 0.385. The Labute approximate surface area is 101 Å². The zero-order valence-electron chi connectivity index (χ0n) is 10.0. The van der Waals surface area contributed by atoms with Crippen LogP contribution in [0.25, 0.3) is 0 Å². The predicted octanol–water partition coefficient (Wildman–Crippen LogP) is 1.41. The summed E-state index contributed by atoms with van der Waals surface area (Å²) in [5, 5.41) is 11.3. The number of pyridine rings is 1. The van der Waals surface area contributed by atoms with E-state index in [2.05, 4.69) is 22.1 Å². The third kappa shape index (κ3) is 5.14. The van der Waals surface area contributed by atoms with Crippen molar-refractivity contribution < 1.29 is 9.90 Å². The largest absolute Gasteiger partial charge is 0.384 e. The Morgan fingerprint density at radius 2 is 2.29 bits per heavy atom. The van der Waals surface area contributed by atoms with Crippen molar-refractivity contribution in [2.45, 2.75) is 20.3 Å². The average Bonchev–Trinajstić information content (AvgIpc) is 2.25. The van der Waals surface area contributed by atoms with Crippen LogP contribution in [0.2, 0.25) is 0 Å². The van der Waals surface area contributed by atoms with Crippen molar-refractivity contribution >= 4 is 11.7 Å². The van der Waals surface area contributed by atoms with Gasteiger partial charge < -0.3 is 10.4 Å². The lowest BCUT2D eigenvalue weighted by Gasteiger charge is -2.06. The molecule has 0 radical (unpaired) electrons. The second-order valence-corrected chi connectivity index (χ2v) is 4.01. The summed E-state index contributed by atoms with van der Waals surface area (Å²) in [6.07, 6.45) is 0.466. The quantitative estimate of drug-likeness (QED) is 0.774. The molecule has 0 saturated carbocycles. The molecule has 4 nitrogen and oxygen atoms in total. The summed E-state index contributed by atoms with van der Waals surface area (Å²) >= 11 is 0. The number of carbonyl (C=O) groups excluding carboxylic acids is 1. The standard InChI is InChI=1S/C13H16N2O2/c1-10(2)9-13(17)15-12-7-3-5-11(14-12)6-4-8-16/h3,5,7,10,16H,8-9H2,1-2H3,(H,14,15,17). The predicted molar refractivity (Wildman–Crippen MR) is 66.3 cm³/mol. The SMILES string of the molecule is CC(C)CC(=O)Nc1cccc(C#CCO)n1. The Kier molecular flexibility index (Phi) is 5.18. The molecule has 0 aliphatic carbocycles. The van der Waals surface area contributed by atoms with Crippen molar-refractivity contribution in [3.05, 3.63) is 23.9 Å². The number of hydrogen-bond acceptors (Lipinski definition) is 3. The molecule has 0 aromatic carbocycles. The topological polar surface area (TPSA) is 62.2 Å². The molecule has 1 aromatic rings. The first kappa shape index (κ1) is 13.2. The van der Waals surface area contributed by atoms with E-state index in [4.69, 9.17) is 5.11 Å². The number of aromatic nitrogens is 1. The number of nitrogens with zero attached hydrogens (tertiary/aromatic N) is 1. The number of amides is 1.